The maximum atomic E-state index is 14.1. The number of nitrogens with one attached hydrogen (secondary N) is 1. The van der Waals surface area contributed by atoms with E-state index in [0.29, 0.717) is 12.2 Å². The lowest BCUT2D eigenvalue weighted by molar-refractivity contribution is 0.257. The van der Waals surface area contributed by atoms with Crippen LogP contribution < -0.4 is 10.2 Å². The Kier molecular flexibility index (Phi) is 5.77. The smallest absolute Gasteiger partial charge is 0.175 e. The highest BCUT2D eigenvalue weighted by Gasteiger charge is 2.33. The zero-order chi connectivity index (χ0) is 21.1. The summed E-state index contributed by atoms with van der Waals surface area (Å²) in [6.07, 6.45) is 10.0. The summed E-state index contributed by atoms with van der Waals surface area (Å²) in [5.41, 5.74) is 4.82. The third-order valence-electron chi connectivity index (χ3n) is 5.56. The van der Waals surface area contributed by atoms with Crippen molar-refractivity contribution in [2.45, 2.75) is 12.5 Å². The number of anilines is 1. The molecule has 2 atom stereocenters. The lowest BCUT2D eigenvalue weighted by Gasteiger charge is -2.22. The molecule has 0 radical (unpaired) electrons. The van der Waals surface area contributed by atoms with Crippen LogP contribution in [0.1, 0.15) is 23.7 Å². The van der Waals surface area contributed by atoms with Crippen LogP contribution in [0.3, 0.4) is 0 Å². The molecule has 30 heavy (non-hydrogen) atoms. The molecule has 0 aromatic carbocycles. The van der Waals surface area contributed by atoms with E-state index < -0.39 is 6.67 Å². The number of halogens is 1. The molecule has 4 rings (SSSR count). The molecule has 9 heteroatoms. The summed E-state index contributed by atoms with van der Waals surface area (Å²) in [4.78, 5) is 10.5. The highest BCUT2D eigenvalue weighted by Crippen LogP contribution is 2.35. The summed E-state index contributed by atoms with van der Waals surface area (Å²) < 4.78 is 15.8. The number of allylic oxidation sites excluding steroid dienone is 2. The number of aromatic nitrogens is 3. The highest BCUT2D eigenvalue weighted by molar-refractivity contribution is 7.14. The number of amidine groups is 1. The average Bonchev–Trinajstić information content (AvgIpc) is 3.55. The van der Waals surface area contributed by atoms with E-state index in [1.165, 1.54) is 11.3 Å². The zero-order valence-corrected chi connectivity index (χ0v) is 17.4. The molecular weight excluding hydrogens is 401 g/mol. The van der Waals surface area contributed by atoms with Crippen molar-refractivity contribution in [2.75, 3.05) is 31.7 Å². The summed E-state index contributed by atoms with van der Waals surface area (Å²) >= 11 is 1.45. The van der Waals surface area contributed by atoms with Crippen molar-refractivity contribution in [1.29, 1.82) is 5.26 Å². The van der Waals surface area contributed by atoms with Gasteiger partial charge in [-0.25, -0.2) is 9.37 Å². The maximum Gasteiger partial charge on any atom is 0.175 e. The minimum Gasteiger partial charge on any atom is -0.361 e. The van der Waals surface area contributed by atoms with Gasteiger partial charge in [0, 0.05) is 49.6 Å². The summed E-state index contributed by atoms with van der Waals surface area (Å²) in [7, 11) is 1.73. The first kappa shape index (κ1) is 20.0. The number of thiazole rings is 1. The molecule has 1 saturated heterocycles. The SMILES string of the molecule is C=C/C(=C1/C=CNC1=NC)c1cnn(C(CF)C2CCN(c3scnc3C#N)C2)c1. The third-order valence-corrected chi connectivity index (χ3v) is 6.45. The summed E-state index contributed by atoms with van der Waals surface area (Å²) in [6.45, 7) is 4.88. The van der Waals surface area contributed by atoms with Gasteiger partial charge in [0.2, 0.25) is 0 Å². The fourth-order valence-electron chi connectivity index (χ4n) is 4.04. The van der Waals surface area contributed by atoms with Gasteiger partial charge in [-0.3, -0.25) is 9.67 Å². The molecule has 0 aliphatic carbocycles. The number of alkyl halides is 1. The van der Waals surface area contributed by atoms with Crippen LogP contribution >= 0.6 is 11.3 Å². The Morgan fingerprint density at radius 1 is 1.60 bits per heavy atom. The number of nitriles is 1. The molecule has 7 nitrogen and oxygen atoms in total. The Morgan fingerprint density at radius 3 is 3.20 bits per heavy atom. The largest absolute Gasteiger partial charge is 0.361 e. The molecule has 0 saturated carbocycles. The second-order valence-electron chi connectivity index (χ2n) is 7.12. The Labute approximate surface area is 178 Å². The molecule has 0 amide bonds. The molecule has 4 heterocycles. The van der Waals surface area contributed by atoms with Gasteiger partial charge in [-0.1, -0.05) is 12.7 Å². The van der Waals surface area contributed by atoms with Crippen LogP contribution in [-0.2, 0) is 0 Å². The molecule has 0 bridgehead atoms. The number of rotatable bonds is 6. The standard InChI is InChI=1S/C21H22FN7S/c1-3-16(17-4-6-25-20(17)24-2)15-10-27-29(12-15)19(8-22)14-5-7-28(11-14)21-18(9-23)26-13-30-21/h3-4,6,10,12-14,19H,1,5,7-8,11H2,2H3,(H,24,25)/b17-16+. The first-order valence-electron chi connectivity index (χ1n) is 9.66. The van der Waals surface area contributed by atoms with Crippen LogP contribution in [-0.4, -0.2) is 47.4 Å². The topological polar surface area (TPSA) is 82.1 Å². The van der Waals surface area contributed by atoms with Crippen LogP contribution in [0.4, 0.5) is 9.39 Å². The third kappa shape index (κ3) is 3.55. The van der Waals surface area contributed by atoms with Crippen LogP contribution in [0.2, 0.25) is 0 Å². The molecule has 2 aromatic rings. The van der Waals surface area contributed by atoms with Gasteiger partial charge >= 0.3 is 0 Å². The second-order valence-corrected chi connectivity index (χ2v) is 7.96. The van der Waals surface area contributed by atoms with Gasteiger partial charge in [-0.2, -0.15) is 10.4 Å². The Hall–Kier alpha value is -3.25. The quantitative estimate of drug-likeness (QED) is 0.771. The number of nitrogens with zero attached hydrogens (tertiary/aromatic N) is 6. The Morgan fingerprint density at radius 2 is 2.47 bits per heavy atom. The Balaban J connectivity index is 1.56. The van der Waals surface area contributed by atoms with Gasteiger partial charge in [0.1, 0.15) is 23.6 Å². The molecule has 154 valence electrons. The van der Waals surface area contributed by atoms with Crippen LogP contribution in [0.5, 0.6) is 0 Å². The van der Waals surface area contributed by atoms with Gasteiger partial charge in [-0.15, -0.1) is 11.3 Å². The van der Waals surface area contributed by atoms with Gasteiger partial charge in [-0.05, 0) is 18.1 Å². The number of aliphatic imine (C=N–C) groups is 1. The monoisotopic (exact) mass is 423 g/mol. The van der Waals surface area contributed by atoms with Crippen LogP contribution in [0.25, 0.3) is 5.57 Å². The summed E-state index contributed by atoms with van der Waals surface area (Å²) in [6, 6.07) is 1.76. The fourth-order valence-corrected chi connectivity index (χ4v) is 4.83. The lowest BCUT2D eigenvalue weighted by Crippen LogP contribution is -2.26. The van der Waals surface area contributed by atoms with Crippen molar-refractivity contribution in [3.63, 3.8) is 0 Å². The van der Waals surface area contributed by atoms with E-state index in [-0.39, 0.29) is 12.0 Å². The van der Waals surface area contributed by atoms with E-state index in [0.717, 1.165) is 40.5 Å². The predicted molar refractivity (Wildman–Crippen MR) is 117 cm³/mol. The molecule has 2 aliphatic rings. The Bertz CT molecular complexity index is 1070. The van der Waals surface area contributed by atoms with Crippen molar-refractivity contribution in [2.24, 2.45) is 10.9 Å². The minimum atomic E-state index is -0.503. The fraction of sp³-hybridized carbons (Fsp3) is 0.333. The summed E-state index contributed by atoms with van der Waals surface area (Å²) in [5, 5.41) is 17.7. The average molecular weight is 424 g/mol. The van der Waals surface area contributed by atoms with Crippen molar-refractivity contribution in [1.82, 2.24) is 20.1 Å². The van der Waals surface area contributed by atoms with Crippen LogP contribution in [0.15, 0.2) is 53.4 Å². The first-order chi connectivity index (χ1) is 14.7. The van der Waals surface area contributed by atoms with E-state index in [1.54, 1.807) is 29.5 Å². The van der Waals surface area contributed by atoms with Crippen molar-refractivity contribution >= 4 is 27.7 Å². The van der Waals surface area contributed by atoms with E-state index in [2.05, 4.69) is 37.9 Å². The van der Waals surface area contributed by atoms with Gasteiger partial charge in [0.15, 0.2) is 5.69 Å². The minimum absolute atomic E-state index is 0.0945. The normalized spacial score (nSPS) is 22.2. The number of hydrogen-bond acceptors (Lipinski definition) is 6. The van der Waals surface area contributed by atoms with Gasteiger partial charge < -0.3 is 10.2 Å². The summed E-state index contributed by atoms with van der Waals surface area (Å²) in [5.74, 6) is 0.862. The van der Waals surface area contributed by atoms with Gasteiger partial charge in [0.05, 0.1) is 17.7 Å². The van der Waals surface area contributed by atoms with Gasteiger partial charge in [0.25, 0.3) is 0 Å². The molecule has 1 N–H and O–H groups in total. The second kappa shape index (κ2) is 8.63. The van der Waals surface area contributed by atoms with E-state index in [4.69, 9.17) is 0 Å². The lowest BCUT2D eigenvalue weighted by atomic mass is 10.00. The van der Waals surface area contributed by atoms with Crippen molar-refractivity contribution in [3.05, 3.63) is 59.7 Å². The van der Waals surface area contributed by atoms with Crippen molar-refractivity contribution < 1.29 is 4.39 Å². The molecule has 0 spiro atoms. The molecule has 2 aliphatic heterocycles. The number of hydrogen-bond donors (Lipinski definition) is 1. The van der Waals surface area contributed by atoms with E-state index in [1.807, 2.05) is 18.5 Å². The first-order valence-corrected chi connectivity index (χ1v) is 10.5. The predicted octanol–water partition coefficient (Wildman–Crippen LogP) is 3.33. The molecule has 2 aromatic heterocycles. The molecule has 2 unspecified atom stereocenters. The molecular formula is C21H22FN7S. The van der Waals surface area contributed by atoms with Crippen molar-refractivity contribution in [3.8, 4) is 6.07 Å². The zero-order valence-electron chi connectivity index (χ0n) is 16.6. The van der Waals surface area contributed by atoms with Crippen LogP contribution in [0, 0.1) is 17.2 Å². The highest BCUT2D eigenvalue weighted by atomic mass is 32.1. The van der Waals surface area contributed by atoms with E-state index >= 15 is 0 Å². The maximum absolute atomic E-state index is 14.1. The molecule has 1 fully saturated rings. The van der Waals surface area contributed by atoms with E-state index in [9.17, 15) is 9.65 Å².